The van der Waals surface area contributed by atoms with E-state index in [1.807, 2.05) is 0 Å². The number of hydrogen-bond donors (Lipinski definition) is 0. The van der Waals surface area contributed by atoms with Gasteiger partial charge in [0.15, 0.2) is 0 Å². The second kappa shape index (κ2) is 13.8. The first kappa shape index (κ1) is 34.0. The summed E-state index contributed by atoms with van der Waals surface area (Å²) in [6, 6.07) is 8.84. The van der Waals surface area contributed by atoms with Gasteiger partial charge in [-0.25, -0.2) is 4.98 Å². The van der Waals surface area contributed by atoms with E-state index in [2.05, 4.69) is 9.97 Å². The molecule has 0 spiro atoms. The van der Waals surface area contributed by atoms with E-state index < -0.39 is 52.5 Å². The van der Waals surface area contributed by atoms with Crippen LogP contribution in [-0.2, 0) is 17.1 Å². The number of amides is 2. The van der Waals surface area contributed by atoms with Gasteiger partial charge in [0.05, 0.1) is 22.7 Å². The van der Waals surface area contributed by atoms with Gasteiger partial charge in [-0.05, 0) is 49.2 Å². The van der Waals surface area contributed by atoms with Crippen LogP contribution in [0.2, 0.25) is 0 Å². The molecule has 2 amide bonds. The lowest BCUT2D eigenvalue weighted by molar-refractivity contribution is -0.161. The molecular weight excluding hydrogens is 630 g/mol. The first-order valence-electron chi connectivity index (χ1n) is 15.4. The second-order valence-corrected chi connectivity index (χ2v) is 11.6. The normalized spacial score (nSPS) is 21.0. The zero-order valence-electron chi connectivity index (χ0n) is 25.6. The summed E-state index contributed by atoms with van der Waals surface area (Å²) in [4.78, 5) is 39.3. The Balaban J connectivity index is 1.49. The third-order valence-corrected chi connectivity index (χ3v) is 8.54. The maximum atomic E-state index is 14.6. The van der Waals surface area contributed by atoms with Gasteiger partial charge < -0.3 is 19.3 Å². The minimum absolute atomic E-state index is 0.0347. The maximum Gasteiger partial charge on any atom is 0.417 e. The Morgan fingerprint density at radius 3 is 2.28 bits per heavy atom. The van der Waals surface area contributed by atoms with Crippen LogP contribution in [0.3, 0.4) is 0 Å². The number of alkyl halides is 6. The first-order chi connectivity index (χ1) is 22.3. The van der Waals surface area contributed by atoms with Crippen LogP contribution in [0, 0.1) is 0 Å². The molecule has 2 saturated heterocycles. The molecule has 5 rings (SSSR count). The monoisotopic (exact) mass is 664 g/mol. The molecule has 2 fully saturated rings. The second-order valence-electron chi connectivity index (χ2n) is 11.6. The predicted octanol–water partition coefficient (Wildman–Crippen LogP) is 6.81. The quantitative estimate of drug-likeness (QED) is 0.246. The molecule has 0 radical (unpaired) electrons. The van der Waals surface area contributed by atoms with E-state index >= 15 is 0 Å². The van der Waals surface area contributed by atoms with Gasteiger partial charge in [0.2, 0.25) is 11.5 Å². The summed E-state index contributed by atoms with van der Waals surface area (Å²) in [5, 5.41) is 0. The van der Waals surface area contributed by atoms with Crippen molar-refractivity contribution < 1.29 is 45.4 Å². The molecule has 0 N–H and O–H groups in total. The molecule has 3 aromatic rings. The molecule has 0 bridgehead atoms. The lowest BCUT2D eigenvalue weighted by Gasteiger charge is -2.50. The molecule has 47 heavy (non-hydrogen) atoms. The van der Waals surface area contributed by atoms with E-state index in [-0.39, 0.29) is 50.8 Å². The third-order valence-electron chi connectivity index (χ3n) is 8.54. The van der Waals surface area contributed by atoms with E-state index in [0.29, 0.717) is 25.1 Å². The summed E-state index contributed by atoms with van der Waals surface area (Å²) >= 11 is 0. The Labute approximate surface area is 267 Å². The summed E-state index contributed by atoms with van der Waals surface area (Å²) in [5.41, 5.74) is -4.53. The van der Waals surface area contributed by atoms with Crippen molar-refractivity contribution in [2.24, 2.45) is 0 Å². The number of benzene rings is 1. The van der Waals surface area contributed by atoms with Gasteiger partial charge in [-0.2, -0.15) is 26.3 Å². The Morgan fingerprint density at radius 2 is 1.66 bits per heavy atom. The molecule has 2 atom stereocenters. The highest BCUT2D eigenvalue weighted by molar-refractivity contribution is 5.97. The van der Waals surface area contributed by atoms with E-state index in [9.17, 15) is 35.9 Å². The standard InChI is InChI=1S/C33H34F6N4O4/c1-2-6-27-31(47-24-10-8-22(9-11-24)32(34,35)36,30(45)42-19-13-23(14-20-42)46-28-7-3-4-16-41-28)15-5-18-43(27)29(44)25-21-40-17-12-26(25)33(37,38)39/h3-4,7-12,16-17,21,23,27H,2,5-6,13-15,18-20H2,1H3/t27-,31+/m1/s1. The van der Waals surface area contributed by atoms with Crippen molar-refractivity contribution in [3.63, 3.8) is 0 Å². The molecule has 2 aliphatic rings. The van der Waals surface area contributed by atoms with Crippen LogP contribution in [0.25, 0.3) is 0 Å². The first-order valence-corrected chi connectivity index (χ1v) is 15.4. The largest absolute Gasteiger partial charge is 0.475 e. The minimum atomic E-state index is -4.84. The zero-order chi connectivity index (χ0) is 33.8. The lowest BCUT2D eigenvalue weighted by Crippen LogP contribution is -2.68. The fraction of sp³-hybridized carbons (Fsp3) is 0.455. The van der Waals surface area contributed by atoms with Gasteiger partial charge >= 0.3 is 12.4 Å². The topological polar surface area (TPSA) is 84.9 Å². The molecule has 4 heterocycles. The number of aromatic nitrogens is 2. The van der Waals surface area contributed by atoms with Gasteiger partial charge in [0.1, 0.15) is 11.9 Å². The number of carbonyl (C=O) groups excluding carboxylic acids is 2. The zero-order valence-corrected chi connectivity index (χ0v) is 25.6. The third kappa shape index (κ3) is 7.46. The molecule has 1 aromatic carbocycles. The van der Waals surface area contributed by atoms with Crippen molar-refractivity contribution in [1.82, 2.24) is 19.8 Å². The van der Waals surface area contributed by atoms with Crippen molar-refractivity contribution in [2.75, 3.05) is 19.6 Å². The number of carbonyl (C=O) groups is 2. The number of halogens is 6. The number of hydrogen-bond acceptors (Lipinski definition) is 6. The Hall–Kier alpha value is -4.36. The Morgan fingerprint density at radius 1 is 0.936 bits per heavy atom. The van der Waals surface area contributed by atoms with E-state index in [1.165, 1.54) is 4.90 Å². The van der Waals surface area contributed by atoms with Crippen molar-refractivity contribution in [3.8, 4) is 11.6 Å². The van der Waals surface area contributed by atoms with Crippen LogP contribution in [0.15, 0.2) is 67.1 Å². The molecule has 0 saturated carbocycles. The Bertz CT molecular complexity index is 1530. The number of pyridine rings is 2. The molecule has 14 heteroatoms. The highest BCUT2D eigenvalue weighted by Crippen LogP contribution is 2.41. The number of ether oxygens (including phenoxy) is 2. The highest BCUT2D eigenvalue weighted by atomic mass is 19.4. The van der Waals surface area contributed by atoms with Crippen molar-refractivity contribution in [2.45, 2.75) is 75.5 Å². The van der Waals surface area contributed by atoms with E-state index in [4.69, 9.17) is 9.47 Å². The smallest absolute Gasteiger partial charge is 0.417 e. The lowest BCUT2D eigenvalue weighted by atomic mass is 9.79. The van der Waals surface area contributed by atoms with Crippen molar-refractivity contribution in [3.05, 3.63) is 83.8 Å². The molecular formula is C33H34F6N4O4. The number of piperidine rings is 2. The van der Waals surface area contributed by atoms with Crippen LogP contribution in [0.5, 0.6) is 11.6 Å². The summed E-state index contributed by atoms with van der Waals surface area (Å²) in [6.07, 6.45) is -4.48. The summed E-state index contributed by atoms with van der Waals surface area (Å²) < 4.78 is 94.2. The van der Waals surface area contributed by atoms with Gasteiger partial charge in [-0.3, -0.25) is 14.6 Å². The summed E-state index contributed by atoms with van der Waals surface area (Å²) in [6.45, 7) is 2.35. The number of likely N-dealkylation sites (tertiary alicyclic amines) is 2. The number of rotatable bonds is 8. The fourth-order valence-corrected chi connectivity index (χ4v) is 6.32. The highest BCUT2D eigenvalue weighted by Gasteiger charge is 2.56. The van der Waals surface area contributed by atoms with Crippen LogP contribution >= 0.6 is 0 Å². The van der Waals surface area contributed by atoms with Crippen LogP contribution in [0.4, 0.5) is 26.3 Å². The van der Waals surface area contributed by atoms with E-state index in [1.54, 1.807) is 36.2 Å². The molecule has 2 aliphatic heterocycles. The number of nitrogens with zero attached hydrogens (tertiary/aromatic N) is 4. The van der Waals surface area contributed by atoms with Crippen LogP contribution < -0.4 is 9.47 Å². The summed E-state index contributed by atoms with van der Waals surface area (Å²) in [7, 11) is 0. The maximum absolute atomic E-state index is 14.6. The average molecular weight is 665 g/mol. The fourth-order valence-electron chi connectivity index (χ4n) is 6.32. The predicted molar refractivity (Wildman–Crippen MR) is 157 cm³/mol. The molecule has 8 nitrogen and oxygen atoms in total. The van der Waals surface area contributed by atoms with Crippen LogP contribution in [0.1, 0.15) is 66.9 Å². The molecule has 0 unspecified atom stereocenters. The average Bonchev–Trinajstić information content (AvgIpc) is 3.05. The van der Waals surface area contributed by atoms with Crippen LogP contribution in [-0.4, -0.2) is 69.0 Å². The molecule has 2 aromatic heterocycles. The Kier molecular flexibility index (Phi) is 9.97. The molecule has 0 aliphatic carbocycles. The van der Waals surface area contributed by atoms with Gasteiger partial charge in [0, 0.05) is 63.6 Å². The SMILES string of the molecule is CCC[C@H]1N(C(=O)c2cnccc2C(F)(F)F)CCC[C@@]1(Oc1ccc(C(F)(F)F)cc1)C(=O)N1CCC(Oc2ccccn2)CC1. The summed E-state index contributed by atoms with van der Waals surface area (Å²) in [5.74, 6) is -1.05. The van der Waals surface area contributed by atoms with Crippen molar-refractivity contribution in [1.29, 1.82) is 0 Å². The van der Waals surface area contributed by atoms with E-state index in [0.717, 1.165) is 42.7 Å². The van der Waals surface area contributed by atoms with Gasteiger partial charge in [0.25, 0.3) is 11.8 Å². The minimum Gasteiger partial charge on any atom is -0.475 e. The van der Waals surface area contributed by atoms with Gasteiger partial charge in [-0.15, -0.1) is 0 Å². The van der Waals surface area contributed by atoms with Crippen molar-refractivity contribution >= 4 is 11.8 Å². The van der Waals surface area contributed by atoms with Gasteiger partial charge in [-0.1, -0.05) is 19.4 Å². The molecule has 252 valence electrons.